The van der Waals surface area contributed by atoms with Crippen molar-refractivity contribution in [3.8, 4) is 11.5 Å². The number of rotatable bonds is 5. The van der Waals surface area contributed by atoms with E-state index < -0.39 is 0 Å². The second-order valence-electron chi connectivity index (χ2n) is 3.10. The molecular formula is C11H16O3. The molecule has 0 aliphatic rings. The van der Waals surface area contributed by atoms with E-state index in [1.165, 1.54) is 0 Å². The highest BCUT2D eigenvalue weighted by molar-refractivity contribution is 5.41. The van der Waals surface area contributed by atoms with Gasteiger partial charge in [0.2, 0.25) is 0 Å². The highest BCUT2D eigenvalue weighted by Gasteiger charge is 2.01. The van der Waals surface area contributed by atoms with Gasteiger partial charge in [0.25, 0.3) is 0 Å². The van der Waals surface area contributed by atoms with Gasteiger partial charge in [-0.1, -0.05) is 6.07 Å². The molecule has 0 aromatic heterocycles. The minimum Gasteiger partial charge on any atom is -0.504 e. The fourth-order valence-corrected chi connectivity index (χ4v) is 1.30. The standard InChI is InChI=1S/C11H16O3/c1-13-7-3-4-9-5-6-10(12)11(8-9)14-2/h5-6,8,12H,3-4,7H2,1-2H3. The summed E-state index contributed by atoms with van der Waals surface area (Å²) in [5.74, 6) is 0.711. The Morgan fingerprint density at radius 2 is 2.07 bits per heavy atom. The summed E-state index contributed by atoms with van der Waals surface area (Å²) in [7, 11) is 3.24. The first-order valence-corrected chi connectivity index (χ1v) is 4.62. The third-order valence-corrected chi connectivity index (χ3v) is 2.06. The van der Waals surface area contributed by atoms with Crippen molar-refractivity contribution in [3.63, 3.8) is 0 Å². The number of phenols is 1. The van der Waals surface area contributed by atoms with Crippen molar-refractivity contribution in [2.24, 2.45) is 0 Å². The molecule has 1 rings (SSSR count). The van der Waals surface area contributed by atoms with Crippen LogP contribution in [0.4, 0.5) is 0 Å². The molecule has 0 saturated heterocycles. The van der Waals surface area contributed by atoms with Gasteiger partial charge in [-0.05, 0) is 30.5 Å². The highest BCUT2D eigenvalue weighted by atomic mass is 16.5. The molecule has 1 aromatic rings. The second-order valence-corrected chi connectivity index (χ2v) is 3.10. The van der Waals surface area contributed by atoms with Crippen LogP contribution in [0.15, 0.2) is 18.2 Å². The van der Waals surface area contributed by atoms with Gasteiger partial charge in [0, 0.05) is 13.7 Å². The van der Waals surface area contributed by atoms with Gasteiger partial charge in [0.1, 0.15) is 0 Å². The molecule has 0 unspecified atom stereocenters. The first kappa shape index (κ1) is 10.9. The molecule has 3 heteroatoms. The van der Waals surface area contributed by atoms with E-state index >= 15 is 0 Å². The maximum absolute atomic E-state index is 9.36. The van der Waals surface area contributed by atoms with E-state index in [1.807, 2.05) is 12.1 Å². The molecule has 3 nitrogen and oxygen atoms in total. The zero-order valence-electron chi connectivity index (χ0n) is 8.62. The quantitative estimate of drug-likeness (QED) is 0.732. The van der Waals surface area contributed by atoms with Gasteiger partial charge in [-0.3, -0.25) is 0 Å². The topological polar surface area (TPSA) is 38.7 Å². The van der Waals surface area contributed by atoms with E-state index in [0.717, 1.165) is 25.0 Å². The van der Waals surface area contributed by atoms with E-state index in [-0.39, 0.29) is 5.75 Å². The first-order chi connectivity index (χ1) is 6.77. The van der Waals surface area contributed by atoms with Gasteiger partial charge in [-0.25, -0.2) is 0 Å². The molecule has 14 heavy (non-hydrogen) atoms. The Labute approximate surface area is 84.3 Å². The Hall–Kier alpha value is -1.22. The van der Waals surface area contributed by atoms with Crippen molar-refractivity contribution in [2.75, 3.05) is 20.8 Å². The third kappa shape index (κ3) is 2.92. The largest absolute Gasteiger partial charge is 0.504 e. The molecular weight excluding hydrogens is 180 g/mol. The van der Waals surface area contributed by atoms with E-state index in [1.54, 1.807) is 20.3 Å². The Bertz CT molecular complexity index is 284. The minimum atomic E-state index is 0.183. The summed E-state index contributed by atoms with van der Waals surface area (Å²) in [5.41, 5.74) is 1.15. The maximum atomic E-state index is 9.36. The van der Waals surface area contributed by atoms with E-state index in [0.29, 0.717) is 5.75 Å². The van der Waals surface area contributed by atoms with Crippen LogP contribution in [0, 0.1) is 0 Å². The average Bonchev–Trinajstić information content (AvgIpc) is 2.21. The fourth-order valence-electron chi connectivity index (χ4n) is 1.30. The molecule has 78 valence electrons. The zero-order chi connectivity index (χ0) is 10.4. The third-order valence-electron chi connectivity index (χ3n) is 2.06. The summed E-state index contributed by atoms with van der Waals surface area (Å²) in [4.78, 5) is 0. The second kappa shape index (κ2) is 5.50. The molecule has 0 aliphatic carbocycles. The van der Waals surface area contributed by atoms with Crippen molar-refractivity contribution in [1.29, 1.82) is 0 Å². The zero-order valence-corrected chi connectivity index (χ0v) is 8.62. The lowest BCUT2D eigenvalue weighted by Crippen LogP contribution is -1.93. The number of phenolic OH excluding ortho intramolecular Hbond substituents is 1. The van der Waals surface area contributed by atoms with Crippen molar-refractivity contribution in [3.05, 3.63) is 23.8 Å². The summed E-state index contributed by atoms with van der Waals surface area (Å²) in [6.07, 6.45) is 1.91. The Morgan fingerprint density at radius 1 is 1.29 bits per heavy atom. The lowest BCUT2D eigenvalue weighted by atomic mass is 10.1. The van der Waals surface area contributed by atoms with Crippen LogP contribution in [0.2, 0.25) is 0 Å². The summed E-state index contributed by atoms with van der Waals surface area (Å²) >= 11 is 0. The van der Waals surface area contributed by atoms with Gasteiger partial charge >= 0.3 is 0 Å². The summed E-state index contributed by atoms with van der Waals surface area (Å²) in [6.45, 7) is 0.753. The number of benzene rings is 1. The number of hydrogen-bond acceptors (Lipinski definition) is 3. The van der Waals surface area contributed by atoms with E-state index in [4.69, 9.17) is 9.47 Å². The molecule has 0 heterocycles. The molecule has 0 bridgehead atoms. The van der Waals surface area contributed by atoms with Crippen LogP contribution in [0.5, 0.6) is 11.5 Å². The number of hydrogen-bond donors (Lipinski definition) is 1. The van der Waals surface area contributed by atoms with Gasteiger partial charge in [-0.15, -0.1) is 0 Å². The van der Waals surface area contributed by atoms with Gasteiger partial charge in [-0.2, -0.15) is 0 Å². The van der Waals surface area contributed by atoms with E-state index in [9.17, 15) is 5.11 Å². The SMILES string of the molecule is COCCCc1ccc(O)c(OC)c1. The molecule has 0 fully saturated rings. The van der Waals surface area contributed by atoms with Gasteiger partial charge in [0.05, 0.1) is 7.11 Å². The molecule has 0 aliphatic heterocycles. The molecule has 1 aromatic carbocycles. The summed E-state index contributed by atoms with van der Waals surface area (Å²) in [6, 6.07) is 5.40. The first-order valence-electron chi connectivity index (χ1n) is 4.62. The number of ether oxygens (including phenoxy) is 2. The van der Waals surface area contributed by atoms with Gasteiger partial charge in [0.15, 0.2) is 11.5 Å². The minimum absolute atomic E-state index is 0.183. The Morgan fingerprint density at radius 3 is 2.71 bits per heavy atom. The molecule has 0 spiro atoms. The molecule has 0 saturated carbocycles. The average molecular weight is 196 g/mol. The van der Waals surface area contributed by atoms with Crippen LogP contribution in [-0.2, 0) is 11.2 Å². The molecule has 0 amide bonds. The van der Waals surface area contributed by atoms with Crippen molar-refractivity contribution in [2.45, 2.75) is 12.8 Å². The predicted molar refractivity (Wildman–Crippen MR) is 54.9 cm³/mol. The van der Waals surface area contributed by atoms with Crippen LogP contribution in [0.3, 0.4) is 0 Å². The highest BCUT2D eigenvalue weighted by Crippen LogP contribution is 2.26. The van der Waals surface area contributed by atoms with Crippen molar-refractivity contribution < 1.29 is 14.6 Å². The number of aryl methyl sites for hydroxylation is 1. The lowest BCUT2D eigenvalue weighted by Gasteiger charge is -2.06. The molecule has 1 N–H and O–H groups in total. The molecule has 0 radical (unpaired) electrons. The van der Waals surface area contributed by atoms with Crippen molar-refractivity contribution in [1.82, 2.24) is 0 Å². The van der Waals surface area contributed by atoms with Crippen LogP contribution in [0.25, 0.3) is 0 Å². The van der Waals surface area contributed by atoms with Crippen LogP contribution < -0.4 is 4.74 Å². The normalized spacial score (nSPS) is 10.1. The Kier molecular flexibility index (Phi) is 4.26. The summed E-state index contributed by atoms with van der Waals surface area (Å²) in [5, 5.41) is 9.36. The van der Waals surface area contributed by atoms with E-state index in [2.05, 4.69) is 0 Å². The molecule has 0 atom stereocenters. The smallest absolute Gasteiger partial charge is 0.160 e. The maximum Gasteiger partial charge on any atom is 0.160 e. The van der Waals surface area contributed by atoms with Gasteiger partial charge < -0.3 is 14.6 Å². The van der Waals surface area contributed by atoms with Crippen LogP contribution in [0.1, 0.15) is 12.0 Å². The predicted octanol–water partition coefficient (Wildman–Crippen LogP) is 1.98. The monoisotopic (exact) mass is 196 g/mol. The Balaban J connectivity index is 2.60. The van der Waals surface area contributed by atoms with Crippen LogP contribution in [-0.4, -0.2) is 25.9 Å². The number of methoxy groups -OCH3 is 2. The van der Waals surface area contributed by atoms with Crippen LogP contribution >= 0.6 is 0 Å². The fraction of sp³-hybridized carbons (Fsp3) is 0.455. The lowest BCUT2D eigenvalue weighted by molar-refractivity contribution is 0.195. The van der Waals surface area contributed by atoms with Crippen molar-refractivity contribution >= 4 is 0 Å². The number of aromatic hydroxyl groups is 1. The summed E-state index contributed by atoms with van der Waals surface area (Å²) < 4.78 is 9.97.